The van der Waals surface area contributed by atoms with Gasteiger partial charge in [0.25, 0.3) is 0 Å². The summed E-state index contributed by atoms with van der Waals surface area (Å²) < 4.78 is 5.12. The van der Waals surface area contributed by atoms with Crippen LogP contribution >= 0.6 is 0 Å². The molecule has 146 valence electrons. The molecule has 3 aromatic rings. The lowest BCUT2D eigenvalue weighted by Crippen LogP contribution is -2.21. The lowest BCUT2D eigenvalue weighted by atomic mass is 10.1. The molecule has 8 heteroatoms. The Balaban J connectivity index is 1.57. The predicted molar refractivity (Wildman–Crippen MR) is 114 cm³/mol. The van der Waals surface area contributed by atoms with Gasteiger partial charge >= 0.3 is 0 Å². The first-order valence-corrected chi connectivity index (χ1v) is 8.99. The highest BCUT2D eigenvalue weighted by atomic mass is 16.5. The number of aromatic amines is 1. The zero-order chi connectivity index (χ0) is 20.2. The number of ether oxygens (including phenoxy) is 1. The van der Waals surface area contributed by atoms with E-state index in [-0.39, 0.29) is 5.91 Å². The molecule has 0 fully saturated rings. The summed E-state index contributed by atoms with van der Waals surface area (Å²) in [6, 6.07) is 13.2. The minimum Gasteiger partial charge on any atom is -0.481 e. The van der Waals surface area contributed by atoms with E-state index in [0.29, 0.717) is 18.2 Å². The van der Waals surface area contributed by atoms with Crippen LogP contribution in [-0.2, 0) is 4.79 Å². The summed E-state index contributed by atoms with van der Waals surface area (Å²) in [5, 5.41) is 9.32. The molecule has 0 unspecified atom stereocenters. The first kappa shape index (κ1) is 18.3. The Morgan fingerprint density at radius 1 is 1.24 bits per heavy atom. The number of amidine groups is 1. The van der Waals surface area contributed by atoms with Crippen LogP contribution in [0.2, 0.25) is 0 Å². The fraction of sp³-hybridized carbons (Fsp3) is 0.0952. The van der Waals surface area contributed by atoms with Gasteiger partial charge in [0, 0.05) is 34.9 Å². The number of methoxy groups -OCH3 is 1. The molecule has 1 aromatic carbocycles. The van der Waals surface area contributed by atoms with Crippen molar-refractivity contribution in [1.29, 1.82) is 0 Å². The topological polar surface area (TPSA) is 103 Å². The van der Waals surface area contributed by atoms with E-state index in [9.17, 15) is 4.79 Å². The van der Waals surface area contributed by atoms with Crippen molar-refractivity contribution in [2.45, 2.75) is 0 Å². The summed E-state index contributed by atoms with van der Waals surface area (Å²) in [6.07, 6.45) is 2.99. The van der Waals surface area contributed by atoms with E-state index in [1.807, 2.05) is 42.5 Å². The van der Waals surface area contributed by atoms with Gasteiger partial charge in [0.15, 0.2) is 0 Å². The zero-order valence-electron chi connectivity index (χ0n) is 15.8. The second kappa shape index (κ2) is 7.89. The summed E-state index contributed by atoms with van der Waals surface area (Å²) in [7, 11) is 1.59. The van der Waals surface area contributed by atoms with Gasteiger partial charge in [-0.1, -0.05) is 12.6 Å². The minimum absolute atomic E-state index is 0.257. The Hall–Kier alpha value is -4.07. The molecule has 3 heterocycles. The molecule has 0 bridgehead atoms. The third-order valence-corrected chi connectivity index (χ3v) is 4.40. The summed E-state index contributed by atoms with van der Waals surface area (Å²) in [5.74, 6) is 1.92. The number of aliphatic imine (C=N–C) groups is 1. The van der Waals surface area contributed by atoms with Crippen molar-refractivity contribution in [1.82, 2.24) is 9.97 Å². The second-order valence-corrected chi connectivity index (χ2v) is 6.30. The molecule has 0 atom stereocenters. The third-order valence-electron chi connectivity index (χ3n) is 4.40. The molecular formula is C21H20N6O2. The Morgan fingerprint density at radius 3 is 2.86 bits per heavy atom. The molecule has 0 aliphatic carbocycles. The van der Waals surface area contributed by atoms with Crippen LogP contribution < -0.4 is 20.7 Å². The summed E-state index contributed by atoms with van der Waals surface area (Å²) >= 11 is 0. The SMILES string of the molecule is C=CC(=O)Nc1cccc(NC2=NCNc3[nH]c(-c4ccc(OC)nc4)cc32)c1. The number of amides is 1. The predicted octanol–water partition coefficient (Wildman–Crippen LogP) is 3.45. The highest BCUT2D eigenvalue weighted by molar-refractivity contribution is 6.13. The number of carbonyl (C=O) groups excluding carboxylic acids is 1. The van der Waals surface area contributed by atoms with Gasteiger partial charge in [-0.05, 0) is 36.4 Å². The van der Waals surface area contributed by atoms with Gasteiger partial charge < -0.3 is 25.7 Å². The number of anilines is 3. The van der Waals surface area contributed by atoms with Crippen LogP contribution in [-0.4, -0.2) is 35.5 Å². The van der Waals surface area contributed by atoms with Gasteiger partial charge in [-0.2, -0.15) is 0 Å². The van der Waals surface area contributed by atoms with E-state index < -0.39 is 0 Å². The summed E-state index contributed by atoms with van der Waals surface area (Å²) in [6.45, 7) is 3.91. The number of hydrogen-bond donors (Lipinski definition) is 4. The third kappa shape index (κ3) is 3.96. The number of fused-ring (bicyclic) bond motifs is 1. The average Bonchev–Trinajstić information content (AvgIpc) is 3.19. The molecule has 29 heavy (non-hydrogen) atoms. The Bertz CT molecular complexity index is 1080. The maximum absolute atomic E-state index is 11.5. The number of aromatic nitrogens is 2. The number of rotatable bonds is 5. The largest absolute Gasteiger partial charge is 0.481 e. The van der Waals surface area contributed by atoms with Gasteiger partial charge in [0.1, 0.15) is 18.3 Å². The number of pyridine rings is 1. The number of nitrogens with one attached hydrogen (secondary N) is 4. The van der Waals surface area contributed by atoms with E-state index >= 15 is 0 Å². The number of carbonyl (C=O) groups is 1. The Labute approximate surface area is 167 Å². The summed E-state index contributed by atoms with van der Waals surface area (Å²) in [4.78, 5) is 23.7. The molecule has 0 radical (unpaired) electrons. The molecule has 0 saturated heterocycles. The molecule has 4 N–H and O–H groups in total. The van der Waals surface area contributed by atoms with Crippen molar-refractivity contribution in [3.8, 4) is 17.1 Å². The van der Waals surface area contributed by atoms with Crippen LogP contribution in [0.5, 0.6) is 5.88 Å². The molecule has 0 saturated carbocycles. The standard InChI is InChI=1S/C21H20N6O2/c1-3-18(28)25-14-5-4-6-15(9-14)26-20-16-10-17(27-21(16)24-12-23-20)13-7-8-19(29-2)22-11-13/h3-11,24,27H,1,12H2,2H3,(H,23,26)(H,25,28). The van der Waals surface area contributed by atoms with Crippen molar-refractivity contribution >= 4 is 28.9 Å². The van der Waals surface area contributed by atoms with Gasteiger partial charge in [-0.15, -0.1) is 0 Å². The molecule has 8 nitrogen and oxygen atoms in total. The van der Waals surface area contributed by atoms with Crippen molar-refractivity contribution < 1.29 is 9.53 Å². The van der Waals surface area contributed by atoms with Gasteiger partial charge in [0.2, 0.25) is 11.8 Å². The molecule has 4 rings (SSSR count). The molecule has 2 aromatic heterocycles. The highest BCUT2D eigenvalue weighted by Crippen LogP contribution is 2.28. The number of hydrogen-bond acceptors (Lipinski definition) is 6. The maximum atomic E-state index is 11.5. The minimum atomic E-state index is -0.257. The lowest BCUT2D eigenvalue weighted by molar-refractivity contribution is -0.111. The maximum Gasteiger partial charge on any atom is 0.247 e. The monoisotopic (exact) mass is 388 g/mol. The molecular weight excluding hydrogens is 368 g/mol. The normalized spacial score (nSPS) is 12.2. The first-order valence-electron chi connectivity index (χ1n) is 8.99. The average molecular weight is 388 g/mol. The Kier molecular flexibility index (Phi) is 4.98. The van der Waals surface area contributed by atoms with Crippen LogP contribution in [0.1, 0.15) is 5.56 Å². The van der Waals surface area contributed by atoms with E-state index in [0.717, 1.165) is 34.2 Å². The second-order valence-electron chi connectivity index (χ2n) is 6.30. The summed E-state index contributed by atoms with van der Waals surface area (Å²) in [5.41, 5.74) is 4.26. The van der Waals surface area contributed by atoms with Gasteiger partial charge in [-0.25, -0.2) is 9.98 Å². The van der Waals surface area contributed by atoms with E-state index in [1.54, 1.807) is 13.3 Å². The lowest BCUT2D eigenvalue weighted by Gasteiger charge is -2.16. The van der Waals surface area contributed by atoms with E-state index in [2.05, 4.69) is 37.5 Å². The van der Waals surface area contributed by atoms with Crippen molar-refractivity contribution in [2.24, 2.45) is 4.99 Å². The van der Waals surface area contributed by atoms with Crippen LogP contribution in [0.25, 0.3) is 11.3 Å². The van der Waals surface area contributed by atoms with Crippen molar-refractivity contribution in [2.75, 3.05) is 29.7 Å². The van der Waals surface area contributed by atoms with Crippen LogP contribution in [0.3, 0.4) is 0 Å². The van der Waals surface area contributed by atoms with Crippen molar-refractivity contribution in [3.05, 3.63) is 66.9 Å². The first-order chi connectivity index (χ1) is 14.2. The molecule has 0 spiro atoms. The van der Waals surface area contributed by atoms with Crippen LogP contribution in [0.15, 0.2) is 66.3 Å². The van der Waals surface area contributed by atoms with Gasteiger partial charge in [-0.3, -0.25) is 4.79 Å². The molecule has 1 amide bonds. The molecule has 1 aliphatic heterocycles. The smallest absolute Gasteiger partial charge is 0.247 e. The fourth-order valence-corrected chi connectivity index (χ4v) is 2.99. The van der Waals surface area contributed by atoms with E-state index in [1.165, 1.54) is 6.08 Å². The zero-order valence-corrected chi connectivity index (χ0v) is 15.8. The number of H-pyrrole nitrogens is 1. The fourth-order valence-electron chi connectivity index (χ4n) is 2.99. The van der Waals surface area contributed by atoms with Crippen LogP contribution in [0, 0.1) is 0 Å². The quantitative estimate of drug-likeness (QED) is 0.501. The molecule has 1 aliphatic rings. The Morgan fingerprint density at radius 2 is 2.10 bits per heavy atom. The number of benzene rings is 1. The van der Waals surface area contributed by atoms with Gasteiger partial charge in [0.05, 0.1) is 12.7 Å². The van der Waals surface area contributed by atoms with Crippen molar-refractivity contribution in [3.63, 3.8) is 0 Å². The highest BCUT2D eigenvalue weighted by Gasteiger charge is 2.18. The van der Waals surface area contributed by atoms with Crippen LogP contribution in [0.4, 0.5) is 17.2 Å². The number of nitrogens with zero attached hydrogens (tertiary/aromatic N) is 2. The van der Waals surface area contributed by atoms with E-state index in [4.69, 9.17) is 4.74 Å².